The summed E-state index contributed by atoms with van der Waals surface area (Å²) in [7, 11) is 0. The van der Waals surface area contributed by atoms with Crippen LogP contribution in [-0.2, 0) is 4.79 Å². The Kier molecular flexibility index (Phi) is 6.38. The van der Waals surface area contributed by atoms with Crippen LogP contribution in [0.3, 0.4) is 0 Å². The Morgan fingerprint density at radius 1 is 1.13 bits per heavy atom. The van der Waals surface area contributed by atoms with E-state index in [9.17, 15) is 4.79 Å². The summed E-state index contributed by atoms with van der Waals surface area (Å²) < 4.78 is 2.36. The third kappa shape index (κ3) is 4.84. The second-order valence-corrected chi connectivity index (χ2v) is 9.22. The highest BCUT2D eigenvalue weighted by atomic mass is 79.9. The second kappa shape index (κ2) is 9.17. The van der Waals surface area contributed by atoms with Crippen LogP contribution in [0, 0.1) is 0 Å². The van der Waals surface area contributed by atoms with E-state index in [2.05, 4.69) is 36.4 Å². The zero-order chi connectivity index (χ0) is 21.1. The smallest absolute Gasteiger partial charge is 0.236 e. The highest BCUT2D eigenvalue weighted by molar-refractivity contribution is 9.10. The molecule has 1 amide bonds. The first-order valence-corrected chi connectivity index (χ1v) is 11.6. The number of nitrogens with zero attached hydrogens (tertiary/aromatic N) is 4. The number of halogens is 2. The van der Waals surface area contributed by atoms with Gasteiger partial charge in [-0.05, 0) is 36.4 Å². The summed E-state index contributed by atoms with van der Waals surface area (Å²) in [6, 6.07) is 14.9. The molecule has 30 heavy (non-hydrogen) atoms. The summed E-state index contributed by atoms with van der Waals surface area (Å²) in [5.74, 6) is 6.50. The van der Waals surface area contributed by atoms with Crippen LogP contribution >= 0.6 is 50.6 Å². The molecule has 2 heterocycles. The third-order valence-electron chi connectivity index (χ3n) is 3.99. The molecule has 0 unspecified atom stereocenters. The normalized spacial score (nSPS) is 10.9. The number of anilines is 1. The van der Waals surface area contributed by atoms with Gasteiger partial charge >= 0.3 is 0 Å². The standard InChI is InChI=1S/C19H14BrClN6OS2/c20-13-5-1-11(2-6-13)15-9-29-18(23-15)24-16(28)10-30-19-26-25-17(27(19)22)12-3-7-14(21)8-4-12/h1-9H,10,22H2,(H,23,24,28). The number of hydrogen-bond acceptors (Lipinski definition) is 7. The first kappa shape index (κ1) is 20.9. The van der Waals surface area contributed by atoms with Gasteiger partial charge in [-0.2, -0.15) is 0 Å². The quantitative estimate of drug-likeness (QED) is 0.276. The molecule has 4 rings (SSSR count). The average molecular weight is 522 g/mol. The van der Waals surface area contributed by atoms with Crippen molar-refractivity contribution in [2.24, 2.45) is 0 Å². The van der Waals surface area contributed by atoms with Crippen LogP contribution in [0.2, 0.25) is 5.02 Å². The molecule has 7 nitrogen and oxygen atoms in total. The number of nitrogens with one attached hydrogen (secondary N) is 1. The topological polar surface area (TPSA) is 98.7 Å². The second-order valence-electron chi connectivity index (χ2n) is 6.06. The number of nitrogens with two attached hydrogens (primary N) is 1. The SMILES string of the molecule is Nn1c(SCC(=O)Nc2nc(-c3ccc(Br)cc3)cs2)nnc1-c1ccc(Cl)cc1. The Bertz CT molecular complexity index is 1180. The molecule has 0 aliphatic rings. The van der Waals surface area contributed by atoms with Gasteiger partial charge in [0, 0.05) is 26.0 Å². The minimum atomic E-state index is -0.201. The minimum Gasteiger partial charge on any atom is -0.335 e. The molecule has 0 bridgehead atoms. The van der Waals surface area contributed by atoms with E-state index in [1.165, 1.54) is 27.8 Å². The van der Waals surface area contributed by atoms with Crippen molar-refractivity contribution in [1.29, 1.82) is 0 Å². The molecule has 0 fully saturated rings. The summed E-state index contributed by atoms with van der Waals surface area (Å²) >= 11 is 11.9. The van der Waals surface area contributed by atoms with Gasteiger partial charge in [-0.15, -0.1) is 21.5 Å². The molecule has 0 aliphatic heterocycles. The van der Waals surface area contributed by atoms with Crippen molar-refractivity contribution in [3.8, 4) is 22.6 Å². The zero-order valence-electron chi connectivity index (χ0n) is 15.3. The predicted octanol–water partition coefficient (Wildman–Crippen LogP) is 4.93. The Labute approximate surface area is 193 Å². The molecule has 11 heteroatoms. The molecule has 0 aliphatic carbocycles. The molecule has 152 valence electrons. The summed E-state index contributed by atoms with van der Waals surface area (Å²) in [5, 5.41) is 14.5. The van der Waals surface area contributed by atoms with Crippen molar-refractivity contribution in [2.75, 3.05) is 16.9 Å². The Morgan fingerprint density at radius 2 is 1.83 bits per heavy atom. The van der Waals surface area contributed by atoms with Crippen LogP contribution < -0.4 is 11.2 Å². The Hall–Kier alpha value is -2.40. The van der Waals surface area contributed by atoms with Gasteiger partial charge in [0.2, 0.25) is 11.1 Å². The fourth-order valence-corrected chi connectivity index (χ4v) is 4.32. The van der Waals surface area contributed by atoms with Gasteiger partial charge in [-0.3, -0.25) is 4.79 Å². The fraction of sp³-hybridized carbons (Fsp3) is 0.0526. The molecule has 0 radical (unpaired) electrons. The van der Waals surface area contributed by atoms with Crippen LogP contribution in [0.1, 0.15) is 0 Å². The molecule has 0 saturated heterocycles. The molecular formula is C19H14BrClN6OS2. The lowest BCUT2D eigenvalue weighted by Crippen LogP contribution is -2.16. The van der Waals surface area contributed by atoms with Crippen LogP contribution in [0.4, 0.5) is 5.13 Å². The van der Waals surface area contributed by atoms with Gasteiger partial charge in [-0.1, -0.05) is 51.4 Å². The van der Waals surface area contributed by atoms with Crippen LogP contribution in [0.25, 0.3) is 22.6 Å². The van der Waals surface area contributed by atoms with E-state index < -0.39 is 0 Å². The molecule has 0 atom stereocenters. The monoisotopic (exact) mass is 520 g/mol. The molecule has 4 aromatic rings. The highest BCUT2D eigenvalue weighted by Gasteiger charge is 2.15. The number of hydrogen-bond donors (Lipinski definition) is 2. The van der Waals surface area contributed by atoms with E-state index >= 15 is 0 Å². The van der Waals surface area contributed by atoms with Gasteiger partial charge in [0.15, 0.2) is 11.0 Å². The molecule has 3 N–H and O–H groups in total. The van der Waals surface area contributed by atoms with Crippen molar-refractivity contribution < 1.29 is 4.79 Å². The molecule has 0 saturated carbocycles. The molecular weight excluding hydrogens is 508 g/mol. The van der Waals surface area contributed by atoms with E-state index in [1.807, 2.05) is 41.8 Å². The van der Waals surface area contributed by atoms with E-state index in [1.54, 1.807) is 12.1 Å². The minimum absolute atomic E-state index is 0.128. The largest absolute Gasteiger partial charge is 0.335 e. The zero-order valence-corrected chi connectivity index (χ0v) is 19.2. The van der Waals surface area contributed by atoms with Crippen molar-refractivity contribution >= 4 is 61.7 Å². The third-order valence-corrected chi connectivity index (χ3v) is 6.47. The van der Waals surface area contributed by atoms with Gasteiger partial charge in [0.1, 0.15) is 0 Å². The first-order valence-electron chi connectivity index (χ1n) is 8.60. The van der Waals surface area contributed by atoms with Crippen molar-refractivity contribution in [3.63, 3.8) is 0 Å². The van der Waals surface area contributed by atoms with Crippen LogP contribution in [0.15, 0.2) is 63.5 Å². The van der Waals surface area contributed by atoms with Crippen LogP contribution in [0.5, 0.6) is 0 Å². The lowest BCUT2D eigenvalue weighted by molar-refractivity contribution is -0.113. The van der Waals surface area contributed by atoms with E-state index in [0.717, 1.165) is 21.3 Å². The fourth-order valence-electron chi connectivity index (χ4n) is 2.54. The Morgan fingerprint density at radius 3 is 2.57 bits per heavy atom. The van der Waals surface area contributed by atoms with Gasteiger partial charge in [-0.25, -0.2) is 9.66 Å². The van der Waals surface area contributed by atoms with E-state index in [-0.39, 0.29) is 11.7 Å². The number of carbonyl (C=O) groups excluding carboxylic acids is 1. The van der Waals surface area contributed by atoms with Crippen molar-refractivity contribution in [2.45, 2.75) is 5.16 Å². The Balaban J connectivity index is 1.36. The molecule has 2 aromatic heterocycles. The average Bonchev–Trinajstić information content (AvgIpc) is 3.34. The number of thiazole rings is 1. The summed E-state index contributed by atoms with van der Waals surface area (Å²) in [5.41, 5.74) is 2.58. The van der Waals surface area contributed by atoms with Crippen molar-refractivity contribution in [3.05, 3.63) is 63.4 Å². The lowest BCUT2D eigenvalue weighted by Gasteiger charge is -2.04. The van der Waals surface area contributed by atoms with Gasteiger partial charge in [0.25, 0.3) is 0 Å². The van der Waals surface area contributed by atoms with Crippen molar-refractivity contribution in [1.82, 2.24) is 19.9 Å². The van der Waals surface area contributed by atoms with E-state index in [4.69, 9.17) is 17.4 Å². The number of aromatic nitrogens is 4. The summed E-state index contributed by atoms with van der Waals surface area (Å²) in [6.07, 6.45) is 0. The van der Waals surface area contributed by atoms with Gasteiger partial charge < -0.3 is 11.2 Å². The number of thioether (sulfide) groups is 1. The highest BCUT2D eigenvalue weighted by Crippen LogP contribution is 2.27. The summed E-state index contributed by atoms with van der Waals surface area (Å²) in [4.78, 5) is 16.8. The number of benzene rings is 2. The maximum Gasteiger partial charge on any atom is 0.236 e. The number of carbonyl (C=O) groups is 1. The first-order chi connectivity index (χ1) is 14.5. The van der Waals surface area contributed by atoms with Crippen LogP contribution in [-0.4, -0.2) is 31.5 Å². The number of rotatable bonds is 6. The number of nitrogen functional groups attached to an aromatic ring is 1. The lowest BCUT2D eigenvalue weighted by atomic mass is 10.2. The number of amides is 1. The predicted molar refractivity (Wildman–Crippen MR) is 125 cm³/mol. The maximum atomic E-state index is 12.3. The molecule has 0 spiro atoms. The van der Waals surface area contributed by atoms with Gasteiger partial charge in [0.05, 0.1) is 11.4 Å². The maximum absolute atomic E-state index is 12.3. The summed E-state index contributed by atoms with van der Waals surface area (Å²) in [6.45, 7) is 0. The molecule has 2 aromatic carbocycles. The van der Waals surface area contributed by atoms with E-state index in [0.29, 0.717) is 21.1 Å².